The van der Waals surface area contributed by atoms with Gasteiger partial charge in [0.05, 0.1) is 22.4 Å². The Bertz CT molecular complexity index is 1420. The highest BCUT2D eigenvalue weighted by atomic mass is 32.2. The summed E-state index contributed by atoms with van der Waals surface area (Å²) in [5, 5.41) is 16.7. The molecule has 1 N–H and O–H groups in total. The number of carbonyl (C=O) groups excluding carboxylic acids is 1. The van der Waals surface area contributed by atoms with Gasteiger partial charge in [0.25, 0.3) is 0 Å². The maximum Gasteiger partial charge on any atom is 0.323 e. The van der Waals surface area contributed by atoms with Crippen molar-refractivity contribution in [3.05, 3.63) is 87.1 Å². The number of thiophene rings is 1. The topological polar surface area (TPSA) is 75.4 Å². The number of nitrogens with zero attached hydrogens (tertiary/aromatic N) is 3. The zero-order valence-electron chi connectivity index (χ0n) is 19.7. The van der Waals surface area contributed by atoms with Crippen LogP contribution in [0, 0.1) is 20.8 Å². The molecular formula is C27H25N3O3S2. The van der Waals surface area contributed by atoms with Crippen LogP contribution in [-0.2, 0) is 9.59 Å². The van der Waals surface area contributed by atoms with Gasteiger partial charge in [0.2, 0.25) is 5.91 Å². The Hall–Kier alpha value is -3.36. The molecule has 1 aliphatic rings. The number of amides is 1. The number of hydrogen-bond acceptors (Lipinski definition) is 5. The monoisotopic (exact) mass is 503 g/mol. The summed E-state index contributed by atoms with van der Waals surface area (Å²) in [5.74, 6) is -0.574. The van der Waals surface area contributed by atoms with Gasteiger partial charge in [0, 0.05) is 16.0 Å². The van der Waals surface area contributed by atoms with E-state index in [-0.39, 0.29) is 16.9 Å². The van der Waals surface area contributed by atoms with Gasteiger partial charge in [-0.3, -0.25) is 14.5 Å². The van der Waals surface area contributed by atoms with Gasteiger partial charge >= 0.3 is 5.97 Å². The highest BCUT2D eigenvalue weighted by molar-refractivity contribution is 8.00. The molecular weight excluding hydrogens is 478 g/mol. The summed E-state index contributed by atoms with van der Waals surface area (Å²) in [6.07, 6.45) is 0. The van der Waals surface area contributed by atoms with Crippen molar-refractivity contribution in [2.24, 2.45) is 0 Å². The lowest BCUT2D eigenvalue weighted by molar-refractivity contribution is -0.136. The molecule has 0 saturated heterocycles. The Labute approximate surface area is 212 Å². The Morgan fingerprint density at radius 3 is 2.51 bits per heavy atom. The molecule has 0 spiro atoms. The number of benzene rings is 2. The van der Waals surface area contributed by atoms with Crippen molar-refractivity contribution in [3.63, 3.8) is 0 Å². The van der Waals surface area contributed by atoms with Crippen molar-refractivity contribution >= 4 is 40.8 Å². The van der Waals surface area contributed by atoms with Crippen LogP contribution in [0.5, 0.6) is 0 Å². The first-order valence-electron chi connectivity index (χ1n) is 11.3. The van der Waals surface area contributed by atoms with E-state index >= 15 is 0 Å². The minimum atomic E-state index is -1.06. The van der Waals surface area contributed by atoms with Crippen LogP contribution in [0.3, 0.4) is 0 Å². The molecule has 8 heteroatoms. The van der Waals surface area contributed by atoms with Crippen molar-refractivity contribution in [2.45, 2.75) is 26.0 Å². The third-order valence-electron chi connectivity index (χ3n) is 6.37. The molecule has 6 nitrogen and oxygen atoms in total. The fourth-order valence-corrected chi connectivity index (χ4v) is 6.93. The molecule has 1 amide bonds. The fourth-order valence-electron chi connectivity index (χ4n) is 4.46. The summed E-state index contributed by atoms with van der Waals surface area (Å²) in [7, 11) is 0. The SMILES string of the molecule is Cc1ccsc1C1SCC(=O)N(CC(=O)O)c2c1c(-c1ccccc1)nn2-c1cccc(C)c1C. The molecule has 0 bridgehead atoms. The van der Waals surface area contributed by atoms with Crippen LogP contribution in [-0.4, -0.2) is 39.1 Å². The predicted octanol–water partition coefficient (Wildman–Crippen LogP) is 5.78. The molecule has 178 valence electrons. The zero-order valence-corrected chi connectivity index (χ0v) is 21.3. The second-order valence-electron chi connectivity index (χ2n) is 8.62. The molecule has 0 fully saturated rings. The van der Waals surface area contributed by atoms with E-state index in [0.717, 1.165) is 44.1 Å². The van der Waals surface area contributed by atoms with Gasteiger partial charge in [-0.05, 0) is 55.0 Å². The summed E-state index contributed by atoms with van der Waals surface area (Å²) >= 11 is 3.19. The van der Waals surface area contributed by atoms with Crippen LogP contribution < -0.4 is 4.90 Å². The van der Waals surface area contributed by atoms with Gasteiger partial charge in [-0.2, -0.15) is 5.10 Å². The standard InChI is InChI=1S/C27H25N3O3S2/c1-16-8-7-11-20(18(16)3)30-27-23(24(28-30)19-9-5-4-6-10-19)26(25-17(2)12-13-34-25)35-15-21(31)29(27)14-22(32)33/h4-13,26H,14-15H2,1-3H3,(H,32,33). The lowest BCUT2D eigenvalue weighted by Gasteiger charge is -2.22. The molecule has 0 aliphatic carbocycles. The van der Waals surface area contributed by atoms with Crippen LogP contribution in [0.25, 0.3) is 16.9 Å². The van der Waals surface area contributed by atoms with Crippen molar-refractivity contribution in [1.29, 1.82) is 0 Å². The summed E-state index contributed by atoms with van der Waals surface area (Å²) in [6, 6.07) is 18.0. The van der Waals surface area contributed by atoms with E-state index in [0.29, 0.717) is 5.82 Å². The van der Waals surface area contributed by atoms with E-state index in [4.69, 9.17) is 5.10 Å². The lowest BCUT2D eigenvalue weighted by Crippen LogP contribution is -2.38. The van der Waals surface area contributed by atoms with E-state index in [1.54, 1.807) is 16.0 Å². The number of carboxylic acids is 1. The Kier molecular flexibility index (Phi) is 6.25. The number of fused-ring (bicyclic) bond motifs is 1. The van der Waals surface area contributed by atoms with E-state index in [1.807, 2.05) is 62.4 Å². The molecule has 1 aliphatic heterocycles. The van der Waals surface area contributed by atoms with E-state index in [9.17, 15) is 14.7 Å². The highest BCUT2D eigenvalue weighted by Crippen LogP contribution is 2.50. The predicted molar refractivity (Wildman–Crippen MR) is 142 cm³/mol. The van der Waals surface area contributed by atoms with Crippen LogP contribution in [0.2, 0.25) is 0 Å². The van der Waals surface area contributed by atoms with Crippen LogP contribution >= 0.6 is 23.1 Å². The molecule has 2 aromatic heterocycles. The first-order valence-corrected chi connectivity index (χ1v) is 13.2. The number of carbonyl (C=O) groups is 2. The minimum absolute atomic E-state index is 0.151. The largest absolute Gasteiger partial charge is 0.480 e. The Balaban J connectivity index is 1.89. The number of rotatable bonds is 5. The lowest BCUT2D eigenvalue weighted by atomic mass is 10.0. The van der Waals surface area contributed by atoms with Crippen LogP contribution in [0.4, 0.5) is 5.82 Å². The zero-order chi connectivity index (χ0) is 24.7. The number of aromatic nitrogens is 2. The van der Waals surface area contributed by atoms with Gasteiger partial charge in [0.1, 0.15) is 12.4 Å². The molecule has 1 unspecified atom stereocenters. The molecule has 5 rings (SSSR count). The van der Waals surface area contributed by atoms with Gasteiger partial charge in [-0.25, -0.2) is 4.68 Å². The molecule has 3 heterocycles. The molecule has 35 heavy (non-hydrogen) atoms. The molecule has 1 atom stereocenters. The van der Waals surface area contributed by atoms with Gasteiger partial charge in [-0.1, -0.05) is 42.5 Å². The van der Waals surface area contributed by atoms with Gasteiger partial charge < -0.3 is 5.11 Å². The Morgan fingerprint density at radius 2 is 1.83 bits per heavy atom. The van der Waals surface area contributed by atoms with Crippen molar-refractivity contribution in [3.8, 4) is 16.9 Å². The number of carboxylic acid groups (broad SMARTS) is 1. The maximum absolute atomic E-state index is 13.4. The number of aliphatic carboxylic acids is 1. The highest BCUT2D eigenvalue weighted by Gasteiger charge is 2.38. The van der Waals surface area contributed by atoms with Crippen LogP contribution in [0.15, 0.2) is 60.0 Å². The van der Waals surface area contributed by atoms with Crippen molar-refractivity contribution in [2.75, 3.05) is 17.2 Å². The summed E-state index contributed by atoms with van der Waals surface area (Å²) in [5.41, 5.74) is 6.67. The van der Waals surface area contributed by atoms with Gasteiger partial charge in [-0.15, -0.1) is 23.1 Å². The fraction of sp³-hybridized carbons (Fsp3) is 0.222. The second kappa shape index (κ2) is 9.36. The average Bonchev–Trinajstić information content (AvgIpc) is 3.41. The third kappa shape index (κ3) is 4.17. The third-order valence-corrected chi connectivity index (χ3v) is 8.83. The minimum Gasteiger partial charge on any atom is -0.480 e. The quantitative estimate of drug-likeness (QED) is 0.374. The van der Waals surface area contributed by atoms with Crippen molar-refractivity contribution < 1.29 is 14.7 Å². The molecule has 2 aromatic carbocycles. The molecule has 4 aromatic rings. The number of anilines is 1. The maximum atomic E-state index is 13.4. The van der Waals surface area contributed by atoms with E-state index in [2.05, 4.69) is 18.4 Å². The number of thioether (sulfide) groups is 1. The first-order chi connectivity index (χ1) is 16.9. The molecule has 0 radical (unpaired) electrons. The second-order valence-corrected chi connectivity index (χ2v) is 10.7. The summed E-state index contributed by atoms with van der Waals surface area (Å²) in [6.45, 7) is 5.71. The average molecular weight is 504 g/mol. The summed E-state index contributed by atoms with van der Waals surface area (Å²) < 4.78 is 1.78. The first kappa shape index (κ1) is 23.4. The van der Waals surface area contributed by atoms with E-state index in [1.165, 1.54) is 16.7 Å². The van der Waals surface area contributed by atoms with Crippen molar-refractivity contribution in [1.82, 2.24) is 9.78 Å². The Morgan fingerprint density at radius 1 is 1.06 bits per heavy atom. The van der Waals surface area contributed by atoms with Gasteiger partial charge in [0.15, 0.2) is 0 Å². The summed E-state index contributed by atoms with van der Waals surface area (Å²) in [4.78, 5) is 27.9. The number of aryl methyl sites for hydroxylation is 2. The normalized spacial score (nSPS) is 15.7. The van der Waals surface area contributed by atoms with Crippen LogP contribution in [0.1, 0.15) is 32.4 Å². The van der Waals surface area contributed by atoms with E-state index < -0.39 is 12.5 Å². The number of hydrogen-bond donors (Lipinski definition) is 1. The molecule has 0 saturated carbocycles. The smallest absolute Gasteiger partial charge is 0.323 e.